The minimum atomic E-state index is 0.616. The smallest absolute Gasteiger partial charge is 0.227 e. The molecule has 276 valence electrons. The predicted octanol–water partition coefficient (Wildman–Crippen LogP) is 14.6. The average molecular weight is 754 g/mol. The van der Waals surface area contributed by atoms with Crippen LogP contribution < -0.4 is 0 Å². The fourth-order valence-electron chi connectivity index (χ4n) is 8.34. The molecule has 0 aliphatic heterocycles. The van der Waals surface area contributed by atoms with Gasteiger partial charge in [0.2, 0.25) is 5.89 Å². The Morgan fingerprint density at radius 1 is 0.322 bits per heavy atom. The van der Waals surface area contributed by atoms with Crippen LogP contribution in [0.1, 0.15) is 0 Å². The molecule has 4 heteroatoms. The SMILES string of the molecule is c1ccc(-c2cc(-c3ccccc3)nc(-c3ccccc3-c3ccc4ccccc4c3-c3cccc(-c4cc5oc(-c6ccccc6)nc5c5ccccc45)c3)n2)cc1. The largest absolute Gasteiger partial charge is 0.436 e. The Labute approximate surface area is 341 Å². The summed E-state index contributed by atoms with van der Waals surface area (Å²) >= 11 is 0. The quantitative estimate of drug-likeness (QED) is 0.163. The predicted molar refractivity (Wildman–Crippen MR) is 243 cm³/mol. The van der Waals surface area contributed by atoms with Crippen molar-refractivity contribution in [2.24, 2.45) is 0 Å². The summed E-state index contributed by atoms with van der Waals surface area (Å²) in [5.41, 5.74) is 14.0. The molecule has 0 aliphatic carbocycles. The highest BCUT2D eigenvalue weighted by Gasteiger charge is 2.20. The first-order valence-corrected chi connectivity index (χ1v) is 19.9. The molecule has 0 N–H and O–H groups in total. The van der Waals surface area contributed by atoms with Gasteiger partial charge in [-0.05, 0) is 79.9 Å². The Morgan fingerprint density at radius 3 is 1.59 bits per heavy atom. The van der Waals surface area contributed by atoms with Crippen molar-refractivity contribution in [2.75, 3.05) is 0 Å². The fraction of sp³-hybridized carbons (Fsp3) is 0. The van der Waals surface area contributed by atoms with E-state index in [0.29, 0.717) is 11.7 Å². The van der Waals surface area contributed by atoms with E-state index in [9.17, 15) is 0 Å². The first kappa shape index (κ1) is 34.3. The molecule has 0 amide bonds. The van der Waals surface area contributed by atoms with Crippen molar-refractivity contribution in [3.8, 4) is 78.7 Å². The number of benzene rings is 9. The molecule has 0 radical (unpaired) electrons. The molecule has 2 heterocycles. The topological polar surface area (TPSA) is 51.8 Å². The third-order valence-corrected chi connectivity index (χ3v) is 11.1. The molecule has 0 atom stereocenters. The molecule has 11 aromatic rings. The van der Waals surface area contributed by atoms with E-state index in [1.165, 1.54) is 10.8 Å². The van der Waals surface area contributed by atoms with Crippen molar-refractivity contribution in [3.63, 3.8) is 0 Å². The van der Waals surface area contributed by atoms with Crippen LogP contribution in [-0.2, 0) is 0 Å². The van der Waals surface area contributed by atoms with Crippen LogP contribution in [0.3, 0.4) is 0 Å². The van der Waals surface area contributed by atoms with Crippen LogP contribution in [0.15, 0.2) is 217 Å². The average Bonchev–Trinajstić information content (AvgIpc) is 3.77. The number of nitrogens with zero attached hydrogens (tertiary/aromatic N) is 3. The van der Waals surface area contributed by atoms with Gasteiger partial charge < -0.3 is 4.42 Å². The Morgan fingerprint density at radius 2 is 0.881 bits per heavy atom. The molecule has 0 saturated carbocycles. The summed E-state index contributed by atoms with van der Waals surface area (Å²) in [7, 11) is 0. The summed E-state index contributed by atoms with van der Waals surface area (Å²) in [5, 5.41) is 4.52. The van der Waals surface area contributed by atoms with Gasteiger partial charge in [0.05, 0.1) is 11.4 Å². The van der Waals surface area contributed by atoms with Crippen LogP contribution in [0, 0.1) is 0 Å². The van der Waals surface area contributed by atoms with Crippen LogP contribution in [0.5, 0.6) is 0 Å². The van der Waals surface area contributed by atoms with E-state index in [4.69, 9.17) is 19.4 Å². The van der Waals surface area contributed by atoms with Crippen LogP contribution >= 0.6 is 0 Å². The third-order valence-electron chi connectivity index (χ3n) is 11.1. The van der Waals surface area contributed by atoms with Gasteiger partial charge in [-0.15, -0.1) is 0 Å². The van der Waals surface area contributed by atoms with Crippen molar-refractivity contribution >= 4 is 32.6 Å². The summed E-state index contributed by atoms with van der Waals surface area (Å²) in [6.45, 7) is 0. The Bertz CT molecular complexity index is 3260. The lowest BCUT2D eigenvalue weighted by Crippen LogP contribution is -1.98. The van der Waals surface area contributed by atoms with Crippen LogP contribution in [0.2, 0.25) is 0 Å². The highest BCUT2D eigenvalue weighted by molar-refractivity contribution is 6.12. The van der Waals surface area contributed by atoms with Gasteiger partial charge in [-0.3, -0.25) is 0 Å². The number of fused-ring (bicyclic) bond motifs is 4. The maximum absolute atomic E-state index is 6.48. The van der Waals surface area contributed by atoms with Gasteiger partial charge in [0.15, 0.2) is 11.4 Å². The minimum Gasteiger partial charge on any atom is -0.436 e. The van der Waals surface area contributed by atoms with E-state index >= 15 is 0 Å². The number of rotatable bonds is 7. The zero-order valence-corrected chi connectivity index (χ0v) is 32.0. The van der Waals surface area contributed by atoms with Crippen molar-refractivity contribution in [3.05, 3.63) is 212 Å². The fourth-order valence-corrected chi connectivity index (χ4v) is 8.34. The Balaban J connectivity index is 1.11. The molecule has 11 rings (SSSR count). The molecular weight excluding hydrogens is 719 g/mol. The Kier molecular flexibility index (Phi) is 8.45. The molecule has 59 heavy (non-hydrogen) atoms. The summed E-state index contributed by atoms with van der Waals surface area (Å²) in [4.78, 5) is 15.5. The molecule has 0 aliphatic rings. The highest BCUT2D eigenvalue weighted by atomic mass is 16.3. The number of aromatic nitrogens is 3. The van der Waals surface area contributed by atoms with E-state index in [1.807, 2.05) is 42.5 Å². The van der Waals surface area contributed by atoms with Crippen LogP contribution in [-0.4, -0.2) is 15.0 Å². The van der Waals surface area contributed by atoms with Crippen molar-refractivity contribution in [1.29, 1.82) is 0 Å². The highest BCUT2D eigenvalue weighted by Crippen LogP contribution is 2.44. The normalized spacial score (nSPS) is 11.4. The van der Waals surface area contributed by atoms with Crippen molar-refractivity contribution < 1.29 is 4.42 Å². The standard InChI is InChI=1S/C55H35N3O/c1-4-18-37(19-5-1)49-35-50(38-20-6-2-7-21-38)57-54(56-49)47-30-15-13-27-43(47)45-32-31-36-17-10-11-26-42(36)52(45)41-25-16-24-40(33-41)48-34-51-53(46-29-14-12-28-44(46)48)58-55(59-51)39-22-8-3-9-23-39/h1-35H. The molecular formula is C55H35N3O. The van der Waals surface area contributed by atoms with E-state index in [0.717, 1.165) is 88.9 Å². The van der Waals surface area contributed by atoms with Gasteiger partial charge in [-0.25, -0.2) is 15.0 Å². The van der Waals surface area contributed by atoms with Crippen LogP contribution in [0.25, 0.3) is 111 Å². The summed E-state index contributed by atoms with van der Waals surface area (Å²) in [5.74, 6) is 1.29. The molecule has 9 aromatic carbocycles. The minimum absolute atomic E-state index is 0.616. The van der Waals surface area contributed by atoms with Gasteiger partial charge in [-0.1, -0.05) is 182 Å². The van der Waals surface area contributed by atoms with Gasteiger partial charge in [0, 0.05) is 27.6 Å². The molecule has 0 unspecified atom stereocenters. The lowest BCUT2D eigenvalue weighted by molar-refractivity contribution is 0.620. The van der Waals surface area contributed by atoms with Gasteiger partial charge in [0.25, 0.3) is 0 Å². The van der Waals surface area contributed by atoms with Gasteiger partial charge in [-0.2, -0.15) is 0 Å². The molecule has 0 spiro atoms. The molecule has 0 bridgehead atoms. The number of hydrogen-bond donors (Lipinski definition) is 0. The number of hydrogen-bond acceptors (Lipinski definition) is 4. The van der Waals surface area contributed by atoms with Crippen molar-refractivity contribution in [1.82, 2.24) is 15.0 Å². The second-order valence-electron chi connectivity index (χ2n) is 14.7. The first-order chi connectivity index (χ1) is 29.2. The Hall–Kier alpha value is -7.95. The monoisotopic (exact) mass is 753 g/mol. The van der Waals surface area contributed by atoms with Gasteiger partial charge in [0.1, 0.15) is 5.52 Å². The molecule has 0 fully saturated rings. The second-order valence-corrected chi connectivity index (χ2v) is 14.7. The lowest BCUT2D eigenvalue weighted by atomic mass is 9.86. The second kappa shape index (κ2) is 14.5. The maximum atomic E-state index is 6.48. The first-order valence-electron chi connectivity index (χ1n) is 19.9. The van der Waals surface area contributed by atoms with E-state index in [1.54, 1.807) is 0 Å². The summed E-state index contributed by atoms with van der Waals surface area (Å²) in [6.07, 6.45) is 0. The third kappa shape index (κ3) is 6.24. The van der Waals surface area contributed by atoms with E-state index < -0.39 is 0 Å². The summed E-state index contributed by atoms with van der Waals surface area (Å²) < 4.78 is 6.48. The molecule has 2 aromatic heterocycles. The zero-order chi connectivity index (χ0) is 39.1. The molecule has 0 saturated heterocycles. The van der Waals surface area contributed by atoms with Crippen molar-refractivity contribution in [2.45, 2.75) is 0 Å². The van der Waals surface area contributed by atoms with Crippen LogP contribution in [0.4, 0.5) is 0 Å². The number of oxazole rings is 1. The summed E-state index contributed by atoms with van der Waals surface area (Å²) in [6, 6.07) is 74.0. The lowest BCUT2D eigenvalue weighted by Gasteiger charge is -2.18. The zero-order valence-electron chi connectivity index (χ0n) is 32.0. The molecule has 4 nitrogen and oxygen atoms in total. The van der Waals surface area contributed by atoms with E-state index in [-0.39, 0.29) is 0 Å². The van der Waals surface area contributed by atoms with E-state index in [2.05, 4.69) is 170 Å². The maximum Gasteiger partial charge on any atom is 0.227 e. The van der Waals surface area contributed by atoms with Gasteiger partial charge >= 0.3 is 0 Å².